The van der Waals surface area contributed by atoms with Crippen LogP contribution >= 0.6 is 12.0 Å². The van der Waals surface area contributed by atoms with Gasteiger partial charge in [-0.25, -0.2) is 10.4 Å². The molecular weight excluding hydrogens is 287 g/mol. The summed E-state index contributed by atoms with van der Waals surface area (Å²) in [4.78, 5) is 5.29. The summed E-state index contributed by atoms with van der Waals surface area (Å²) in [5.74, 6) is 1.32. The molecule has 10 heteroatoms. The second-order valence-corrected chi connectivity index (χ2v) is 4.43. The van der Waals surface area contributed by atoms with Gasteiger partial charge in [0.2, 0.25) is 5.82 Å². The Bertz CT molecular complexity index is 350. The van der Waals surface area contributed by atoms with E-state index in [0.29, 0.717) is 12.5 Å². The summed E-state index contributed by atoms with van der Waals surface area (Å²) < 4.78 is 4.19. The van der Waals surface area contributed by atoms with Gasteiger partial charge in [-0.05, 0) is 6.07 Å². The molecule has 1 saturated heterocycles. The first kappa shape index (κ1) is 16.7. The van der Waals surface area contributed by atoms with Crippen molar-refractivity contribution < 1.29 is 49.1 Å². The predicted molar refractivity (Wildman–Crippen MR) is 60.5 cm³/mol. The Hall–Kier alpha value is 0.610. The molecule has 18 heavy (non-hydrogen) atoms. The van der Waals surface area contributed by atoms with Crippen LogP contribution < -0.4 is 45.1 Å². The first-order valence-corrected chi connectivity index (χ1v) is 6.21. The molecule has 0 amide bonds. The quantitative estimate of drug-likeness (QED) is 0.140. The predicted octanol–water partition coefficient (Wildman–Crippen LogP) is -4.96. The van der Waals surface area contributed by atoms with E-state index in [4.69, 9.17) is 12.6 Å². The molecule has 0 radical (unpaired) electrons. The van der Waals surface area contributed by atoms with Crippen LogP contribution in [0.5, 0.6) is 0 Å². The van der Waals surface area contributed by atoms with E-state index >= 15 is 0 Å². The van der Waals surface area contributed by atoms with Crippen molar-refractivity contribution in [1.82, 2.24) is 15.4 Å². The normalized spacial score (nSPS) is 23.9. The summed E-state index contributed by atoms with van der Waals surface area (Å²) in [6, 6.07) is 5.70. The van der Waals surface area contributed by atoms with Gasteiger partial charge in [0.15, 0.2) is 6.67 Å². The standard InChI is InChI=1S/C8H12N4O3S2.Na/c13-14-15-17-6-11-5-12(8(16)10-11)7-3-1-2-4-9-7;/h1-4,8,10,13,16H,5-6H2;/q;+1/p-1. The Kier molecular flexibility index (Phi) is 8.07. The van der Waals surface area contributed by atoms with Crippen LogP contribution in [0.4, 0.5) is 5.82 Å². The molecule has 2 rings (SSSR count). The first-order chi connectivity index (χ1) is 8.31. The summed E-state index contributed by atoms with van der Waals surface area (Å²) in [7, 11) is 0. The Morgan fingerprint density at radius 1 is 1.67 bits per heavy atom. The van der Waals surface area contributed by atoms with Gasteiger partial charge in [0, 0.05) is 29.8 Å². The minimum Gasteiger partial charge on any atom is -0.709 e. The molecule has 2 N–H and O–H groups in total. The minimum absolute atomic E-state index is 0. The maximum atomic E-state index is 9.64. The van der Waals surface area contributed by atoms with E-state index in [1.807, 2.05) is 23.2 Å². The van der Waals surface area contributed by atoms with Gasteiger partial charge in [-0.15, -0.1) is 0 Å². The van der Waals surface area contributed by atoms with Crippen molar-refractivity contribution in [2.75, 3.05) is 12.5 Å². The number of rotatable bonds is 5. The Morgan fingerprint density at radius 2 is 2.50 bits per heavy atom. The van der Waals surface area contributed by atoms with E-state index in [2.05, 4.69) is 19.8 Å². The third kappa shape index (κ3) is 4.62. The molecule has 1 aliphatic rings. The number of nitrogens with one attached hydrogen (secondary N) is 2. The fourth-order valence-electron chi connectivity index (χ4n) is 1.53. The molecule has 2 heterocycles. The van der Waals surface area contributed by atoms with Crippen LogP contribution in [0.15, 0.2) is 24.4 Å². The molecule has 1 aliphatic heterocycles. The van der Waals surface area contributed by atoms with Crippen molar-refractivity contribution in [3.63, 3.8) is 0 Å². The summed E-state index contributed by atoms with van der Waals surface area (Å²) in [6.45, 7) is 0.639. The van der Waals surface area contributed by atoms with Gasteiger partial charge in [0.05, 0.1) is 5.88 Å². The maximum Gasteiger partial charge on any atom is 1.00 e. The van der Waals surface area contributed by atoms with Crippen LogP contribution in [0.3, 0.4) is 0 Å². The number of pyridine rings is 1. The third-order valence-electron chi connectivity index (χ3n) is 2.26. The van der Waals surface area contributed by atoms with E-state index < -0.39 is 0 Å². The molecule has 1 fully saturated rings. The average molecular weight is 298 g/mol. The summed E-state index contributed by atoms with van der Waals surface area (Å²) >= 11 is 6.19. The molecule has 2 atom stereocenters. The second-order valence-electron chi connectivity index (χ2n) is 3.33. The third-order valence-corrected chi connectivity index (χ3v) is 3.21. The van der Waals surface area contributed by atoms with Crippen LogP contribution in [0.25, 0.3) is 0 Å². The number of aromatic nitrogens is 1. The zero-order valence-corrected chi connectivity index (χ0v) is 13.4. The molecule has 0 bridgehead atoms. The van der Waals surface area contributed by atoms with Crippen molar-refractivity contribution in [2.24, 2.45) is 0 Å². The van der Waals surface area contributed by atoms with Gasteiger partial charge >= 0.3 is 29.6 Å². The Morgan fingerprint density at radius 3 is 3.17 bits per heavy atom. The summed E-state index contributed by atoms with van der Waals surface area (Å²) in [6.07, 6.45) is 1.73. The van der Waals surface area contributed by atoms with Gasteiger partial charge in [-0.2, -0.15) is 9.34 Å². The number of hydrazine groups is 1. The minimum atomic E-state index is -0.196. The number of hydrogen-bond donors (Lipinski definition) is 2. The van der Waals surface area contributed by atoms with Gasteiger partial charge in [0.1, 0.15) is 0 Å². The molecule has 94 valence electrons. The molecule has 2 unspecified atom stereocenters. The molecule has 1 aromatic heterocycles. The van der Waals surface area contributed by atoms with E-state index in [-0.39, 0.29) is 35.1 Å². The molecule has 7 nitrogen and oxygen atoms in total. The molecule has 1 aromatic rings. The average Bonchev–Trinajstić information content (AvgIpc) is 2.72. The van der Waals surface area contributed by atoms with Crippen LogP contribution in [0, 0.1) is 0 Å². The molecule has 0 aromatic carbocycles. The van der Waals surface area contributed by atoms with E-state index in [1.54, 1.807) is 6.20 Å². The van der Waals surface area contributed by atoms with Gasteiger partial charge in [-0.3, -0.25) is 9.94 Å². The van der Waals surface area contributed by atoms with Crippen molar-refractivity contribution in [1.29, 1.82) is 0 Å². The molecule has 0 aliphatic carbocycles. The van der Waals surface area contributed by atoms with Crippen LogP contribution in [-0.4, -0.2) is 28.0 Å². The van der Waals surface area contributed by atoms with Crippen molar-refractivity contribution in [2.45, 2.75) is 5.50 Å². The van der Waals surface area contributed by atoms with E-state index in [1.165, 1.54) is 0 Å². The van der Waals surface area contributed by atoms with Gasteiger partial charge < -0.3 is 17.9 Å². The number of hydrogen-bond acceptors (Lipinski definition) is 8. The van der Waals surface area contributed by atoms with Gasteiger partial charge in [0.25, 0.3) is 0 Å². The van der Waals surface area contributed by atoms with Crippen LogP contribution in [0.2, 0.25) is 0 Å². The SMILES string of the molecule is [Na+].[O-]OOSCN1C[NH+](c2ccccn2)C([S-])N1. The summed E-state index contributed by atoms with van der Waals surface area (Å²) in [5, 5.41) is 14.7. The largest absolute Gasteiger partial charge is 1.00 e. The molecule has 0 spiro atoms. The van der Waals surface area contributed by atoms with Crippen molar-refractivity contribution in [3.05, 3.63) is 24.4 Å². The monoisotopic (exact) mass is 298 g/mol. The maximum absolute atomic E-state index is 9.64. The summed E-state index contributed by atoms with van der Waals surface area (Å²) in [5.41, 5.74) is 2.88. The van der Waals surface area contributed by atoms with Crippen molar-refractivity contribution >= 4 is 30.5 Å². The zero-order chi connectivity index (χ0) is 12.1. The van der Waals surface area contributed by atoms with E-state index in [0.717, 1.165) is 22.8 Å². The van der Waals surface area contributed by atoms with Crippen LogP contribution in [0.1, 0.15) is 0 Å². The first-order valence-electron chi connectivity index (χ1n) is 4.83. The Labute approximate surface area is 137 Å². The number of quaternary nitrogens is 1. The van der Waals surface area contributed by atoms with Crippen molar-refractivity contribution in [3.8, 4) is 0 Å². The second kappa shape index (κ2) is 8.72. The fraction of sp³-hybridized carbons (Fsp3) is 0.375. The number of nitrogens with zero attached hydrogens (tertiary/aromatic N) is 2. The smallest absolute Gasteiger partial charge is 0.709 e. The van der Waals surface area contributed by atoms with Gasteiger partial charge in [-0.1, -0.05) is 6.07 Å². The van der Waals surface area contributed by atoms with E-state index in [9.17, 15) is 5.26 Å². The molecule has 0 saturated carbocycles. The van der Waals surface area contributed by atoms with Crippen LogP contribution in [-0.2, 0) is 22.0 Å². The molecular formula is C8H11N4NaO3S2. The topological polar surface area (TPSA) is 74.1 Å². The zero-order valence-electron chi connectivity index (χ0n) is 9.74. The fourth-order valence-corrected chi connectivity index (χ4v) is 2.25. The Balaban J connectivity index is 0.00000162.